The van der Waals surface area contributed by atoms with E-state index in [1.807, 2.05) is 14.2 Å². The van der Waals surface area contributed by atoms with Gasteiger partial charge in [0.15, 0.2) is 0 Å². The lowest BCUT2D eigenvalue weighted by atomic mass is 9.19. The molecule has 0 unspecified atom stereocenters. The molecule has 0 saturated heterocycles. The van der Waals surface area contributed by atoms with E-state index in [1.165, 1.54) is 34.7 Å². The summed E-state index contributed by atoms with van der Waals surface area (Å²) in [5.41, 5.74) is 5.39. The van der Waals surface area contributed by atoms with Crippen molar-refractivity contribution in [3.05, 3.63) is 46.5 Å². The predicted molar refractivity (Wildman–Crippen MR) is 150 cm³/mol. The molecule has 0 aromatic heterocycles. The zero-order valence-electron chi connectivity index (χ0n) is 23.8. The summed E-state index contributed by atoms with van der Waals surface area (Å²) in [6.45, 7) is 5.36. The Hall–Kier alpha value is -2.98. The number of nitrogens with zero attached hydrogens (tertiary/aromatic N) is 2. The highest BCUT2D eigenvalue weighted by Crippen LogP contribution is 2.96. The van der Waals surface area contributed by atoms with Gasteiger partial charge in [0.25, 0.3) is 0 Å². The monoisotopic (exact) mass is 528 g/mol. The molecule has 4 nitrogen and oxygen atoms in total. The average Bonchev–Trinajstić information content (AvgIpc) is 3.76. The lowest BCUT2D eigenvalue weighted by molar-refractivity contribution is -0.374. The smallest absolute Gasteiger partial charge is 0.130 e. The van der Waals surface area contributed by atoms with Crippen LogP contribution in [0.4, 0.5) is 0 Å². The van der Waals surface area contributed by atoms with E-state index < -0.39 is 0 Å². The van der Waals surface area contributed by atoms with Gasteiger partial charge in [-0.2, -0.15) is 10.5 Å². The van der Waals surface area contributed by atoms with Crippen LogP contribution in [0.5, 0.6) is 11.5 Å². The molecule has 0 amide bonds. The Morgan fingerprint density at radius 1 is 0.675 bits per heavy atom. The summed E-state index contributed by atoms with van der Waals surface area (Å²) in [5.74, 6) is 9.73. The van der Waals surface area contributed by atoms with Crippen LogP contribution in [-0.4, -0.2) is 14.2 Å². The maximum atomic E-state index is 10.1. The molecule has 6 fully saturated rings. The average molecular weight is 529 g/mol. The van der Waals surface area contributed by atoms with Crippen LogP contribution in [0.15, 0.2) is 35.4 Å². The first-order valence-corrected chi connectivity index (χ1v) is 15.7. The van der Waals surface area contributed by atoms with Crippen LogP contribution in [-0.2, 0) is 0 Å². The van der Waals surface area contributed by atoms with Crippen molar-refractivity contribution < 1.29 is 9.47 Å². The zero-order chi connectivity index (χ0) is 27.0. The SMILES string of the molecule is COc1c2c(c(OC)c3ccccc13)[C@@H]1C[C@H]2[C@@H]2[C@H]1[C@@]1(C)[C@@H]3[C@@H]4C[C@@H]([C@@H]5[C@H]4[C@@H]4CC[C@H]5C(C#N)=C4C#N)[C@@H]3[C@@]21C. The summed E-state index contributed by atoms with van der Waals surface area (Å²) in [6.07, 6.45) is 4.84. The number of benzene rings is 2. The Bertz CT molecular complexity index is 1570. The largest absolute Gasteiger partial charge is 0.496 e. The van der Waals surface area contributed by atoms with Crippen molar-refractivity contribution in [2.75, 3.05) is 14.2 Å². The van der Waals surface area contributed by atoms with E-state index in [0.717, 1.165) is 71.0 Å². The molecule has 0 heterocycles. The second-order valence-corrected chi connectivity index (χ2v) is 15.1. The van der Waals surface area contributed by atoms with Crippen molar-refractivity contribution in [1.82, 2.24) is 0 Å². The molecule has 9 aliphatic rings. The van der Waals surface area contributed by atoms with Crippen molar-refractivity contribution in [2.45, 2.75) is 51.4 Å². The highest BCUT2D eigenvalue weighted by molar-refractivity contribution is 5.97. The molecule has 4 heteroatoms. The normalized spacial score (nSPS) is 50.6. The molecule has 0 aliphatic heterocycles. The van der Waals surface area contributed by atoms with E-state index in [9.17, 15) is 10.5 Å². The van der Waals surface area contributed by atoms with Gasteiger partial charge in [-0.25, -0.2) is 0 Å². The summed E-state index contributed by atoms with van der Waals surface area (Å²) >= 11 is 0. The lowest BCUT2D eigenvalue weighted by Crippen LogP contribution is -2.81. The molecule has 9 aliphatic carbocycles. The first kappa shape index (κ1) is 22.7. The van der Waals surface area contributed by atoms with Crippen LogP contribution in [0, 0.1) is 92.7 Å². The molecular weight excluding hydrogens is 492 g/mol. The van der Waals surface area contributed by atoms with Gasteiger partial charge >= 0.3 is 0 Å². The number of hydrogen-bond acceptors (Lipinski definition) is 4. The number of ether oxygens (including phenoxy) is 2. The molecule has 202 valence electrons. The molecule has 2 aromatic carbocycles. The molecule has 6 saturated carbocycles. The minimum atomic E-state index is 0.341. The minimum Gasteiger partial charge on any atom is -0.496 e. The van der Waals surface area contributed by atoms with E-state index in [2.05, 4.69) is 50.3 Å². The highest BCUT2D eigenvalue weighted by Gasteiger charge is 2.90. The second-order valence-electron chi connectivity index (χ2n) is 15.1. The lowest BCUT2D eigenvalue weighted by Gasteiger charge is -2.85. The molecule has 0 radical (unpaired) electrons. The van der Waals surface area contributed by atoms with Gasteiger partial charge in [-0.15, -0.1) is 0 Å². The van der Waals surface area contributed by atoms with Gasteiger partial charge in [0.2, 0.25) is 0 Å². The van der Waals surface area contributed by atoms with E-state index in [4.69, 9.17) is 9.47 Å². The number of methoxy groups -OCH3 is 2. The molecule has 14 atom stereocenters. The number of nitriles is 2. The molecule has 2 aromatic rings. The first-order valence-electron chi connectivity index (χ1n) is 15.7. The number of hydrogen-bond donors (Lipinski definition) is 0. The number of allylic oxidation sites excluding steroid dienone is 2. The van der Waals surface area contributed by atoms with Crippen LogP contribution >= 0.6 is 0 Å². The number of rotatable bonds is 2. The fraction of sp³-hybridized carbons (Fsp3) is 0.611. The first-order chi connectivity index (χ1) is 19.5. The van der Waals surface area contributed by atoms with Crippen molar-refractivity contribution >= 4 is 10.8 Å². The molecule has 0 spiro atoms. The Kier molecular flexibility index (Phi) is 3.82. The summed E-state index contributed by atoms with van der Waals surface area (Å²) < 4.78 is 12.5. The maximum Gasteiger partial charge on any atom is 0.130 e. The fourth-order valence-corrected chi connectivity index (χ4v) is 14.9. The third kappa shape index (κ3) is 1.90. The fourth-order valence-electron chi connectivity index (χ4n) is 14.9. The molecule has 40 heavy (non-hydrogen) atoms. The Labute approximate surface area is 236 Å². The van der Waals surface area contributed by atoms with E-state index in [-0.39, 0.29) is 0 Å². The third-order valence-electron chi connectivity index (χ3n) is 15.3. The van der Waals surface area contributed by atoms with E-state index in [1.54, 1.807) is 0 Å². The van der Waals surface area contributed by atoms with Crippen molar-refractivity contribution in [2.24, 2.45) is 70.0 Å². The standard InChI is InChI=1S/C36H36N2O2/c1-35-29-19-11-20(26-16-10-9-15(25(19)26)23(13-37)24(16)14-38)30(29)36(35,2)32-22-12-21(31(32)35)27-28(22)34(40-4)18-8-6-5-7-17(18)33(27)39-3/h5-8,15-16,19-22,25-26,29-32H,9-12H2,1-4H3/t15-,16+,19-,20+,21+,22-,25+,26-,29-,30+,31+,32-,35-,36+. The van der Waals surface area contributed by atoms with Crippen LogP contribution in [0.25, 0.3) is 10.8 Å². The van der Waals surface area contributed by atoms with Crippen LogP contribution in [0.1, 0.15) is 62.5 Å². The quantitative estimate of drug-likeness (QED) is 0.386. The number of fused-ring (bicyclic) bond motifs is 20. The predicted octanol–water partition coefficient (Wildman–Crippen LogP) is 7.21. The van der Waals surface area contributed by atoms with Crippen LogP contribution in [0.3, 0.4) is 0 Å². The maximum absolute atomic E-state index is 10.1. The summed E-state index contributed by atoms with van der Waals surface area (Å²) in [7, 11) is 3.71. The Balaban J connectivity index is 1.12. The second kappa shape index (κ2) is 6.73. The third-order valence-corrected chi connectivity index (χ3v) is 15.3. The van der Waals surface area contributed by atoms with Crippen molar-refractivity contribution in [3.8, 4) is 23.6 Å². The van der Waals surface area contributed by atoms with Gasteiger partial charge in [-0.3, -0.25) is 0 Å². The van der Waals surface area contributed by atoms with E-state index in [0.29, 0.717) is 46.3 Å². The van der Waals surface area contributed by atoms with Gasteiger partial charge in [-0.1, -0.05) is 38.1 Å². The van der Waals surface area contributed by atoms with Crippen LogP contribution < -0.4 is 9.47 Å². The van der Waals surface area contributed by atoms with Crippen molar-refractivity contribution in [1.29, 1.82) is 10.5 Å². The van der Waals surface area contributed by atoms with Gasteiger partial charge in [0.1, 0.15) is 11.5 Å². The van der Waals surface area contributed by atoms with Gasteiger partial charge in [-0.05, 0) is 108 Å². The minimum absolute atomic E-state index is 0.341. The summed E-state index contributed by atoms with van der Waals surface area (Å²) in [6, 6.07) is 13.7. The van der Waals surface area contributed by atoms with E-state index >= 15 is 0 Å². The van der Waals surface area contributed by atoms with Crippen molar-refractivity contribution in [3.63, 3.8) is 0 Å². The topological polar surface area (TPSA) is 66.0 Å². The van der Waals surface area contributed by atoms with Gasteiger partial charge in [0, 0.05) is 33.0 Å². The molecule has 0 N–H and O–H groups in total. The highest BCUT2D eigenvalue weighted by atomic mass is 16.5. The zero-order valence-corrected chi connectivity index (χ0v) is 23.8. The van der Waals surface area contributed by atoms with Crippen LogP contribution in [0.2, 0.25) is 0 Å². The molecule has 11 rings (SSSR count). The van der Waals surface area contributed by atoms with Gasteiger partial charge in [0.05, 0.1) is 26.4 Å². The Morgan fingerprint density at radius 2 is 1.12 bits per heavy atom. The summed E-state index contributed by atoms with van der Waals surface area (Å²) in [4.78, 5) is 0. The van der Waals surface area contributed by atoms with Gasteiger partial charge < -0.3 is 9.47 Å². The Morgan fingerprint density at radius 3 is 1.52 bits per heavy atom. The summed E-state index contributed by atoms with van der Waals surface area (Å²) in [5, 5.41) is 22.6. The molecule has 6 bridgehead atoms. The molecular formula is C36H36N2O2.